The van der Waals surface area contributed by atoms with Crippen molar-refractivity contribution in [1.29, 1.82) is 0 Å². The van der Waals surface area contributed by atoms with Crippen LogP contribution in [-0.4, -0.2) is 54.8 Å². The molecule has 0 bridgehead atoms. The van der Waals surface area contributed by atoms with Gasteiger partial charge in [0.2, 0.25) is 10.0 Å². The zero-order valence-electron chi connectivity index (χ0n) is 10.8. The summed E-state index contributed by atoms with van der Waals surface area (Å²) in [6, 6.07) is 0. The van der Waals surface area contributed by atoms with Crippen LogP contribution in [0.4, 0.5) is 0 Å². The molecule has 3 rings (SSSR count). The molecule has 3 aliphatic rings. The van der Waals surface area contributed by atoms with Crippen LogP contribution in [0, 0.1) is 5.92 Å². The standard InChI is InChI=1S/C12H21NO3S2/c1-2-18(14,15)13-8-12(9-13)5-11(7-17-12)16-6-10-3-4-10/h10-11H,2-9H2,1H3/t11-/m1/s1. The number of rotatable bonds is 5. The summed E-state index contributed by atoms with van der Waals surface area (Å²) in [5.74, 6) is 2.06. The van der Waals surface area contributed by atoms with Gasteiger partial charge in [0.25, 0.3) is 0 Å². The average Bonchev–Trinajstić information content (AvgIpc) is 3.02. The number of hydrogen-bond donors (Lipinski definition) is 0. The Bertz CT molecular complexity index is 413. The second kappa shape index (κ2) is 4.65. The molecule has 1 spiro atoms. The number of thioether (sulfide) groups is 1. The van der Waals surface area contributed by atoms with E-state index in [0.717, 1.165) is 24.7 Å². The van der Waals surface area contributed by atoms with Crippen LogP contribution in [-0.2, 0) is 14.8 Å². The normalized spacial score (nSPS) is 31.7. The van der Waals surface area contributed by atoms with Gasteiger partial charge in [-0.1, -0.05) is 0 Å². The summed E-state index contributed by atoms with van der Waals surface area (Å²) in [7, 11) is -2.98. The van der Waals surface area contributed by atoms with Crippen molar-refractivity contribution in [3.05, 3.63) is 0 Å². The van der Waals surface area contributed by atoms with E-state index in [1.54, 1.807) is 11.2 Å². The molecule has 1 saturated carbocycles. The largest absolute Gasteiger partial charge is 0.377 e. The first-order valence-corrected chi connectivity index (χ1v) is 9.36. The average molecular weight is 291 g/mol. The van der Waals surface area contributed by atoms with E-state index in [1.165, 1.54) is 12.8 Å². The Labute approximate surface area is 113 Å². The molecule has 2 aliphatic heterocycles. The number of sulfonamides is 1. The molecule has 1 aliphatic carbocycles. The van der Waals surface area contributed by atoms with Crippen LogP contribution in [0.3, 0.4) is 0 Å². The summed E-state index contributed by atoms with van der Waals surface area (Å²) >= 11 is 1.91. The number of hydrogen-bond acceptors (Lipinski definition) is 4. The molecule has 18 heavy (non-hydrogen) atoms. The summed E-state index contributed by atoms with van der Waals surface area (Å²) in [5.41, 5.74) is 0. The second-order valence-corrected chi connectivity index (χ2v) is 9.51. The van der Waals surface area contributed by atoms with Crippen LogP contribution in [0.1, 0.15) is 26.2 Å². The fourth-order valence-electron chi connectivity index (χ4n) is 2.66. The zero-order valence-corrected chi connectivity index (χ0v) is 12.4. The highest BCUT2D eigenvalue weighted by Gasteiger charge is 2.52. The van der Waals surface area contributed by atoms with Gasteiger partial charge in [-0.3, -0.25) is 0 Å². The third-order valence-electron chi connectivity index (χ3n) is 4.13. The van der Waals surface area contributed by atoms with Gasteiger partial charge in [-0.05, 0) is 32.1 Å². The molecule has 3 fully saturated rings. The minimum Gasteiger partial charge on any atom is -0.377 e. The Hall–Kier alpha value is 0.220. The summed E-state index contributed by atoms with van der Waals surface area (Å²) in [6.45, 7) is 4.01. The molecule has 0 aromatic carbocycles. The summed E-state index contributed by atoms with van der Waals surface area (Å²) in [4.78, 5) is 0. The van der Waals surface area contributed by atoms with Crippen LogP contribution >= 0.6 is 11.8 Å². The molecule has 0 amide bonds. The Morgan fingerprint density at radius 1 is 1.39 bits per heavy atom. The molecule has 0 radical (unpaired) electrons. The van der Waals surface area contributed by atoms with Gasteiger partial charge in [0, 0.05) is 30.2 Å². The van der Waals surface area contributed by atoms with Gasteiger partial charge in [-0.15, -0.1) is 11.8 Å². The number of nitrogens with zero attached hydrogens (tertiary/aromatic N) is 1. The first-order chi connectivity index (χ1) is 8.53. The van der Waals surface area contributed by atoms with Gasteiger partial charge in [-0.2, -0.15) is 4.31 Å². The van der Waals surface area contributed by atoms with Crippen molar-refractivity contribution in [3.8, 4) is 0 Å². The lowest BCUT2D eigenvalue weighted by molar-refractivity contribution is 0.0446. The molecule has 104 valence electrons. The SMILES string of the molecule is CCS(=O)(=O)N1CC2(C[C@@H](OCC3CC3)CS2)C1. The molecule has 6 heteroatoms. The smallest absolute Gasteiger partial charge is 0.213 e. The fraction of sp³-hybridized carbons (Fsp3) is 1.00. The van der Waals surface area contributed by atoms with E-state index in [9.17, 15) is 8.42 Å². The van der Waals surface area contributed by atoms with E-state index in [0.29, 0.717) is 19.2 Å². The van der Waals surface area contributed by atoms with Gasteiger partial charge in [0.1, 0.15) is 0 Å². The lowest BCUT2D eigenvalue weighted by Crippen LogP contribution is -2.60. The molecular formula is C12H21NO3S2. The minimum absolute atomic E-state index is 0.163. The summed E-state index contributed by atoms with van der Waals surface area (Å²) in [6.07, 6.45) is 4.03. The van der Waals surface area contributed by atoms with Crippen molar-refractivity contribution in [2.24, 2.45) is 5.92 Å². The molecule has 0 unspecified atom stereocenters. The van der Waals surface area contributed by atoms with Crippen molar-refractivity contribution in [3.63, 3.8) is 0 Å². The highest BCUT2D eigenvalue weighted by atomic mass is 32.2. The highest BCUT2D eigenvalue weighted by molar-refractivity contribution is 8.01. The van der Waals surface area contributed by atoms with Crippen LogP contribution in [0.5, 0.6) is 0 Å². The van der Waals surface area contributed by atoms with Crippen LogP contribution in [0.2, 0.25) is 0 Å². The molecule has 0 aromatic rings. The molecular weight excluding hydrogens is 270 g/mol. The molecule has 0 aromatic heterocycles. The third kappa shape index (κ3) is 2.57. The minimum atomic E-state index is -2.98. The molecule has 4 nitrogen and oxygen atoms in total. The lowest BCUT2D eigenvalue weighted by Gasteiger charge is -2.46. The van der Waals surface area contributed by atoms with E-state index in [-0.39, 0.29) is 10.5 Å². The van der Waals surface area contributed by atoms with E-state index in [1.807, 2.05) is 11.8 Å². The first-order valence-electron chi connectivity index (χ1n) is 6.76. The fourth-order valence-corrected chi connectivity index (χ4v) is 5.63. The van der Waals surface area contributed by atoms with Crippen molar-refractivity contribution in [2.45, 2.75) is 37.0 Å². The van der Waals surface area contributed by atoms with Gasteiger partial charge >= 0.3 is 0 Å². The predicted octanol–water partition coefficient (Wildman–Crippen LogP) is 1.32. The quantitative estimate of drug-likeness (QED) is 0.766. The van der Waals surface area contributed by atoms with Gasteiger partial charge in [-0.25, -0.2) is 8.42 Å². The Morgan fingerprint density at radius 2 is 2.11 bits per heavy atom. The lowest BCUT2D eigenvalue weighted by atomic mass is 9.95. The van der Waals surface area contributed by atoms with E-state index >= 15 is 0 Å². The van der Waals surface area contributed by atoms with Gasteiger partial charge in [0.05, 0.1) is 11.9 Å². The van der Waals surface area contributed by atoms with Gasteiger partial charge in [0.15, 0.2) is 0 Å². The second-order valence-electron chi connectivity index (χ2n) is 5.77. The molecule has 1 atom stereocenters. The maximum atomic E-state index is 11.7. The van der Waals surface area contributed by atoms with Crippen LogP contribution < -0.4 is 0 Å². The maximum Gasteiger partial charge on any atom is 0.213 e. The van der Waals surface area contributed by atoms with E-state index < -0.39 is 10.0 Å². The topological polar surface area (TPSA) is 46.6 Å². The number of ether oxygens (including phenoxy) is 1. The zero-order chi connectivity index (χ0) is 12.8. The molecule has 2 saturated heterocycles. The highest BCUT2D eigenvalue weighted by Crippen LogP contribution is 2.47. The van der Waals surface area contributed by atoms with Gasteiger partial charge < -0.3 is 4.74 Å². The van der Waals surface area contributed by atoms with Crippen molar-refractivity contribution >= 4 is 21.8 Å². The van der Waals surface area contributed by atoms with Crippen molar-refractivity contribution < 1.29 is 13.2 Å². The Balaban J connectivity index is 1.48. The summed E-state index contributed by atoms with van der Waals surface area (Å²) in [5, 5.41) is 0. The Kier molecular flexibility index (Phi) is 3.41. The monoisotopic (exact) mass is 291 g/mol. The van der Waals surface area contributed by atoms with Crippen LogP contribution in [0.25, 0.3) is 0 Å². The van der Waals surface area contributed by atoms with E-state index in [2.05, 4.69) is 0 Å². The van der Waals surface area contributed by atoms with E-state index in [4.69, 9.17) is 4.74 Å². The van der Waals surface area contributed by atoms with Crippen LogP contribution in [0.15, 0.2) is 0 Å². The molecule has 0 N–H and O–H groups in total. The molecule has 2 heterocycles. The van der Waals surface area contributed by atoms with Crippen molar-refractivity contribution in [1.82, 2.24) is 4.31 Å². The maximum absolute atomic E-state index is 11.7. The summed E-state index contributed by atoms with van der Waals surface area (Å²) < 4.78 is 31.1. The first kappa shape index (κ1) is 13.2. The predicted molar refractivity (Wildman–Crippen MR) is 73.3 cm³/mol. The third-order valence-corrected chi connectivity index (χ3v) is 7.48. The Morgan fingerprint density at radius 3 is 2.72 bits per heavy atom. The van der Waals surface area contributed by atoms with Crippen molar-refractivity contribution in [2.75, 3.05) is 31.2 Å².